The number of nitrogens with one attached hydrogen (secondary N) is 1. The Bertz CT molecular complexity index is 531. The monoisotopic (exact) mass is 248 g/mol. The van der Waals surface area contributed by atoms with Gasteiger partial charge in [0.25, 0.3) is 0 Å². The van der Waals surface area contributed by atoms with Gasteiger partial charge in [-0.2, -0.15) is 5.10 Å². The molecule has 0 aliphatic heterocycles. The van der Waals surface area contributed by atoms with Crippen LogP contribution in [0.3, 0.4) is 0 Å². The zero-order valence-corrected chi connectivity index (χ0v) is 11.1. The van der Waals surface area contributed by atoms with Crippen LogP contribution in [-0.2, 0) is 13.6 Å². The Morgan fingerprint density at radius 2 is 2.28 bits per heavy atom. The van der Waals surface area contributed by atoms with Crippen LogP contribution in [0.5, 0.6) is 0 Å². The third-order valence-electron chi connectivity index (χ3n) is 3.23. The predicted octanol–water partition coefficient (Wildman–Crippen LogP) is 1.14. The fourth-order valence-corrected chi connectivity index (χ4v) is 2.05. The Morgan fingerprint density at radius 1 is 1.50 bits per heavy atom. The highest BCUT2D eigenvalue weighted by atomic mass is 16.3. The molecule has 0 aliphatic rings. The molecule has 2 heterocycles. The van der Waals surface area contributed by atoms with Gasteiger partial charge in [0.2, 0.25) is 0 Å². The van der Waals surface area contributed by atoms with E-state index in [1.165, 1.54) is 0 Å². The number of hydrogen-bond acceptors (Lipinski definition) is 4. The van der Waals surface area contributed by atoms with Gasteiger partial charge in [0, 0.05) is 31.2 Å². The normalized spacial score (nSPS) is 13.1. The zero-order chi connectivity index (χ0) is 13.1. The molecular formula is C13H20N4O. The second-order valence-corrected chi connectivity index (χ2v) is 4.59. The lowest BCUT2D eigenvalue weighted by molar-refractivity contribution is 0.238. The van der Waals surface area contributed by atoms with Gasteiger partial charge in [-0.1, -0.05) is 6.92 Å². The Balaban J connectivity index is 2.17. The van der Waals surface area contributed by atoms with Crippen LogP contribution in [0.25, 0.3) is 11.0 Å². The predicted molar refractivity (Wildman–Crippen MR) is 71.3 cm³/mol. The summed E-state index contributed by atoms with van der Waals surface area (Å²) in [6.07, 6.45) is 2.78. The quantitative estimate of drug-likeness (QED) is 0.833. The number of aromatic nitrogens is 3. The highest BCUT2D eigenvalue weighted by Crippen LogP contribution is 2.16. The third-order valence-corrected chi connectivity index (χ3v) is 3.23. The van der Waals surface area contributed by atoms with Gasteiger partial charge in [0.1, 0.15) is 0 Å². The Labute approximate surface area is 107 Å². The van der Waals surface area contributed by atoms with Crippen LogP contribution >= 0.6 is 0 Å². The Hall–Kier alpha value is -1.46. The summed E-state index contributed by atoms with van der Waals surface area (Å²) in [5.74, 6) is 0. The van der Waals surface area contributed by atoms with Crippen molar-refractivity contribution >= 4 is 11.0 Å². The number of nitrogens with zero attached hydrogens (tertiary/aromatic N) is 3. The van der Waals surface area contributed by atoms with Gasteiger partial charge in [-0.05, 0) is 25.0 Å². The van der Waals surface area contributed by atoms with Crippen molar-refractivity contribution < 1.29 is 5.11 Å². The molecular weight excluding hydrogens is 228 g/mol. The van der Waals surface area contributed by atoms with E-state index in [2.05, 4.69) is 28.4 Å². The van der Waals surface area contributed by atoms with Crippen LogP contribution in [0, 0.1) is 6.92 Å². The van der Waals surface area contributed by atoms with Gasteiger partial charge in [-0.25, -0.2) is 4.98 Å². The molecule has 0 aromatic carbocycles. The van der Waals surface area contributed by atoms with Crippen LogP contribution in [0.1, 0.15) is 24.6 Å². The molecule has 5 heteroatoms. The highest BCUT2D eigenvalue weighted by molar-refractivity contribution is 5.78. The second kappa shape index (κ2) is 5.46. The molecule has 2 N–H and O–H groups in total. The summed E-state index contributed by atoms with van der Waals surface area (Å²) < 4.78 is 1.80. The largest absolute Gasteiger partial charge is 0.395 e. The molecule has 0 aliphatic carbocycles. The van der Waals surface area contributed by atoms with Crippen molar-refractivity contribution in [1.29, 1.82) is 0 Å². The van der Waals surface area contributed by atoms with Crippen LogP contribution in [0.4, 0.5) is 0 Å². The second-order valence-electron chi connectivity index (χ2n) is 4.59. The maximum absolute atomic E-state index is 9.13. The van der Waals surface area contributed by atoms with E-state index in [1.54, 1.807) is 4.68 Å². The van der Waals surface area contributed by atoms with E-state index >= 15 is 0 Å². The molecule has 0 spiro atoms. The summed E-state index contributed by atoms with van der Waals surface area (Å²) in [6.45, 7) is 4.93. The minimum Gasteiger partial charge on any atom is -0.395 e. The third kappa shape index (κ3) is 2.52. The summed E-state index contributed by atoms with van der Waals surface area (Å²) in [5, 5.41) is 17.9. The fraction of sp³-hybridized carbons (Fsp3) is 0.538. The molecule has 0 radical (unpaired) electrons. The van der Waals surface area contributed by atoms with Crippen LogP contribution in [0.15, 0.2) is 12.3 Å². The standard InChI is InChI=1S/C13H20N4O/c1-4-11(8-18)14-6-10-5-12-9(2)16-17(3)13(12)15-7-10/h5,7,11,14,18H,4,6,8H2,1-3H3. The van der Waals surface area contributed by atoms with E-state index < -0.39 is 0 Å². The number of pyridine rings is 1. The van der Waals surface area contributed by atoms with E-state index in [4.69, 9.17) is 5.11 Å². The molecule has 0 saturated carbocycles. The lowest BCUT2D eigenvalue weighted by Crippen LogP contribution is -2.31. The summed E-state index contributed by atoms with van der Waals surface area (Å²) in [4.78, 5) is 4.43. The summed E-state index contributed by atoms with van der Waals surface area (Å²) in [6, 6.07) is 2.26. The molecule has 1 atom stereocenters. The minimum absolute atomic E-state index is 0.149. The van der Waals surface area contributed by atoms with Crippen molar-refractivity contribution in [2.45, 2.75) is 32.9 Å². The summed E-state index contributed by atoms with van der Waals surface area (Å²) in [7, 11) is 1.90. The molecule has 1 unspecified atom stereocenters. The maximum atomic E-state index is 9.13. The van der Waals surface area contributed by atoms with E-state index in [0.29, 0.717) is 0 Å². The van der Waals surface area contributed by atoms with E-state index in [0.717, 1.165) is 35.3 Å². The van der Waals surface area contributed by atoms with Gasteiger partial charge >= 0.3 is 0 Å². The van der Waals surface area contributed by atoms with E-state index in [9.17, 15) is 0 Å². The van der Waals surface area contributed by atoms with Crippen molar-refractivity contribution in [2.24, 2.45) is 7.05 Å². The fourth-order valence-electron chi connectivity index (χ4n) is 2.05. The molecule has 0 amide bonds. The van der Waals surface area contributed by atoms with Crippen molar-refractivity contribution in [2.75, 3.05) is 6.61 Å². The van der Waals surface area contributed by atoms with Crippen molar-refractivity contribution in [3.63, 3.8) is 0 Å². The summed E-state index contributed by atoms with van der Waals surface area (Å²) in [5.41, 5.74) is 3.02. The van der Waals surface area contributed by atoms with Crippen molar-refractivity contribution in [3.05, 3.63) is 23.5 Å². The lowest BCUT2D eigenvalue weighted by atomic mass is 10.2. The molecule has 0 saturated heterocycles. The van der Waals surface area contributed by atoms with E-state index in [-0.39, 0.29) is 12.6 Å². The molecule has 98 valence electrons. The van der Waals surface area contributed by atoms with Gasteiger partial charge in [0.05, 0.1) is 12.3 Å². The molecule has 2 rings (SSSR count). The number of aliphatic hydroxyl groups is 1. The number of hydrogen-bond donors (Lipinski definition) is 2. The molecule has 5 nitrogen and oxygen atoms in total. The SMILES string of the molecule is CCC(CO)NCc1cnc2c(c1)c(C)nn2C. The Kier molecular flexibility index (Phi) is 3.93. The smallest absolute Gasteiger partial charge is 0.157 e. The topological polar surface area (TPSA) is 63.0 Å². The summed E-state index contributed by atoms with van der Waals surface area (Å²) >= 11 is 0. The molecule has 2 aromatic rings. The van der Waals surface area contributed by atoms with E-state index in [1.807, 2.05) is 20.2 Å². The lowest BCUT2D eigenvalue weighted by Gasteiger charge is -2.13. The number of aryl methyl sites for hydroxylation is 2. The van der Waals surface area contributed by atoms with Gasteiger partial charge in [0.15, 0.2) is 5.65 Å². The van der Waals surface area contributed by atoms with Crippen molar-refractivity contribution in [1.82, 2.24) is 20.1 Å². The van der Waals surface area contributed by atoms with Crippen molar-refractivity contribution in [3.8, 4) is 0 Å². The number of fused-ring (bicyclic) bond motifs is 1. The first-order valence-electron chi connectivity index (χ1n) is 6.28. The molecule has 18 heavy (non-hydrogen) atoms. The average molecular weight is 248 g/mol. The minimum atomic E-state index is 0.149. The van der Waals surface area contributed by atoms with Crippen LogP contribution in [-0.4, -0.2) is 32.5 Å². The van der Waals surface area contributed by atoms with Gasteiger partial charge < -0.3 is 10.4 Å². The first-order chi connectivity index (χ1) is 8.65. The number of aliphatic hydroxyl groups excluding tert-OH is 1. The molecule has 0 fully saturated rings. The first-order valence-corrected chi connectivity index (χ1v) is 6.28. The number of rotatable bonds is 5. The van der Waals surface area contributed by atoms with Crippen LogP contribution < -0.4 is 5.32 Å². The van der Waals surface area contributed by atoms with Gasteiger partial charge in [-0.3, -0.25) is 4.68 Å². The molecule has 2 aromatic heterocycles. The molecule has 0 bridgehead atoms. The maximum Gasteiger partial charge on any atom is 0.157 e. The Morgan fingerprint density at radius 3 is 2.94 bits per heavy atom. The highest BCUT2D eigenvalue weighted by Gasteiger charge is 2.08. The van der Waals surface area contributed by atoms with Crippen LogP contribution in [0.2, 0.25) is 0 Å². The van der Waals surface area contributed by atoms with Gasteiger partial charge in [-0.15, -0.1) is 0 Å². The average Bonchev–Trinajstić information content (AvgIpc) is 2.66. The zero-order valence-electron chi connectivity index (χ0n) is 11.1. The first kappa shape index (κ1) is 13.0.